The van der Waals surface area contributed by atoms with Crippen LogP contribution in [-0.4, -0.2) is 89.8 Å². The minimum absolute atomic E-state index is 0.192. The molecule has 8 rings (SSSR count). The number of halogens is 6. The van der Waals surface area contributed by atoms with Crippen molar-refractivity contribution in [2.24, 2.45) is 23.3 Å². The van der Waals surface area contributed by atoms with Gasteiger partial charge in [0.05, 0.1) is 34.6 Å². The van der Waals surface area contributed by atoms with Crippen LogP contribution in [0, 0.1) is 11.8 Å². The van der Waals surface area contributed by atoms with Gasteiger partial charge in [0.15, 0.2) is 0 Å². The van der Waals surface area contributed by atoms with Gasteiger partial charge < -0.3 is 35.4 Å². The number of pyridine rings is 4. The van der Waals surface area contributed by atoms with Crippen molar-refractivity contribution < 1.29 is 54.9 Å². The van der Waals surface area contributed by atoms with Crippen LogP contribution in [0.2, 0.25) is 0 Å². The molecule has 2 aliphatic heterocycles. The predicted molar refractivity (Wildman–Crippen MR) is 208 cm³/mol. The van der Waals surface area contributed by atoms with Gasteiger partial charge in [0.1, 0.15) is 0 Å². The maximum atomic E-state index is 12.7. The number of nitrogens with two attached hydrogens (primary N) is 2. The molecule has 0 aromatic carbocycles. The first kappa shape index (κ1) is 45.0. The Morgan fingerprint density at radius 3 is 1.32 bits per heavy atom. The number of anilines is 2. The Balaban J connectivity index is 0.000000198. The first-order valence-corrected chi connectivity index (χ1v) is 18.9. The predicted octanol–water partition coefficient (Wildman–Crippen LogP) is 5.53. The fraction of sp³-hybridized carbons (Fsp3) is 0.308. The van der Waals surface area contributed by atoms with Crippen LogP contribution in [0.15, 0.2) is 82.4 Å². The minimum atomic E-state index is -4.71. The van der Waals surface area contributed by atoms with Gasteiger partial charge >= 0.3 is 24.1 Å². The van der Waals surface area contributed by atoms with Crippen LogP contribution in [0.1, 0.15) is 37.5 Å². The first-order chi connectivity index (χ1) is 30.0. The van der Waals surface area contributed by atoms with Crippen LogP contribution in [0.25, 0.3) is 45.6 Å². The Labute approximate surface area is 352 Å². The fourth-order valence-corrected chi connectivity index (χ4v) is 6.73. The van der Waals surface area contributed by atoms with Crippen LogP contribution in [0.3, 0.4) is 0 Å². The molecule has 18 nitrogen and oxygen atoms in total. The zero-order chi connectivity index (χ0) is 45.3. The molecule has 2 saturated heterocycles. The number of aromatic nitrogens is 8. The van der Waals surface area contributed by atoms with Gasteiger partial charge in [-0.25, -0.2) is 0 Å². The van der Waals surface area contributed by atoms with Crippen molar-refractivity contribution in [2.45, 2.75) is 38.0 Å². The molecule has 2 aliphatic rings. The van der Waals surface area contributed by atoms with Crippen molar-refractivity contribution >= 4 is 29.7 Å². The van der Waals surface area contributed by atoms with Crippen molar-refractivity contribution in [1.29, 1.82) is 0 Å². The molecule has 6 aromatic heterocycles. The summed E-state index contributed by atoms with van der Waals surface area (Å²) < 4.78 is 84.8. The summed E-state index contributed by atoms with van der Waals surface area (Å²) in [6.45, 7) is 2.36. The van der Waals surface area contributed by atoms with E-state index in [9.17, 15) is 35.9 Å². The molecule has 2 atom stereocenters. The fourth-order valence-electron chi connectivity index (χ4n) is 6.73. The summed E-state index contributed by atoms with van der Waals surface area (Å²) in [5, 5.41) is 13.7. The number of hydrogen-bond acceptors (Lipinski definition) is 15. The zero-order valence-corrected chi connectivity index (χ0v) is 32.7. The van der Waals surface area contributed by atoms with Crippen molar-refractivity contribution in [2.75, 3.05) is 36.0 Å². The highest BCUT2D eigenvalue weighted by atomic mass is 19.4. The van der Waals surface area contributed by atoms with E-state index in [1.54, 1.807) is 24.5 Å². The second-order valence-corrected chi connectivity index (χ2v) is 14.0. The van der Waals surface area contributed by atoms with E-state index in [-0.39, 0.29) is 41.8 Å². The standard InChI is InChI=1S/2C19H17F3N6O2.CH2O2/c2*20-19(21,22)18-26-17(27-30-18)11-3-5-24-14(8-11)15-9-13(4-6-25-15)28-7-1-2-12(10-28)16(23)29;2-1-3/h2*3-6,8-9,12H,1-2,7,10H2,(H2,23,29);1H,(H,2,3). The number of piperidine rings is 2. The summed E-state index contributed by atoms with van der Waals surface area (Å²) in [6.07, 6.45) is -0.111. The van der Waals surface area contributed by atoms with Gasteiger partial charge in [-0.2, -0.15) is 36.3 Å². The third-order valence-corrected chi connectivity index (χ3v) is 9.76. The molecule has 0 radical (unpaired) electrons. The molecule has 330 valence electrons. The zero-order valence-electron chi connectivity index (χ0n) is 32.7. The number of rotatable bonds is 8. The van der Waals surface area contributed by atoms with E-state index >= 15 is 0 Å². The van der Waals surface area contributed by atoms with E-state index in [0.29, 0.717) is 47.0 Å². The molecular weight excluding hydrogens is 846 g/mol. The van der Waals surface area contributed by atoms with Crippen LogP contribution in [0.4, 0.5) is 37.7 Å². The van der Waals surface area contributed by atoms with Crippen molar-refractivity contribution in [3.05, 3.63) is 85.1 Å². The molecule has 8 heterocycles. The maximum absolute atomic E-state index is 12.7. The molecule has 2 unspecified atom stereocenters. The number of alkyl halides is 6. The van der Waals surface area contributed by atoms with E-state index in [2.05, 4.69) is 59.1 Å². The SMILES string of the molecule is NC(=O)C1CCCN(c2ccnc(-c3cc(-c4noc(C(F)(F)F)n4)ccn3)c2)C1.NC(=O)C1CCCN(c2ccnc(-c3cc(-c4noc(C(F)(F)F)n4)ccn3)c2)C1.O=CO. The Morgan fingerprint density at radius 2 is 0.984 bits per heavy atom. The third-order valence-electron chi connectivity index (χ3n) is 9.76. The number of amides is 2. The van der Waals surface area contributed by atoms with Gasteiger partial charge in [0.25, 0.3) is 6.47 Å². The summed E-state index contributed by atoms with van der Waals surface area (Å²) in [4.78, 5) is 59.5. The molecule has 2 amide bonds. The van der Waals surface area contributed by atoms with Crippen molar-refractivity contribution in [3.63, 3.8) is 0 Å². The average Bonchev–Trinajstić information content (AvgIpc) is 4.00. The highest BCUT2D eigenvalue weighted by Crippen LogP contribution is 2.33. The van der Waals surface area contributed by atoms with E-state index in [0.717, 1.165) is 50.1 Å². The van der Waals surface area contributed by atoms with Gasteiger partial charge in [0.2, 0.25) is 23.5 Å². The molecule has 2 fully saturated rings. The Hall–Kier alpha value is -7.53. The molecule has 0 bridgehead atoms. The first-order valence-electron chi connectivity index (χ1n) is 18.9. The third kappa shape index (κ3) is 11.4. The average molecular weight is 883 g/mol. The lowest BCUT2D eigenvalue weighted by Crippen LogP contribution is -2.41. The minimum Gasteiger partial charge on any atom is -0.483 e. The van der Waals surface area contributed by atoms with E-state index < -0.39 is 24.1 Å². The lowest BCUT2D eigenvalue weighted by Gasteiger charge is -2.33. The lowest BCUT2D eigenvalue weighted by atomic mass is 9.97. The lowest BCUT2D eigenvalue weighted by molar-refractivity contribution is -0.160. The van der Waals surface area contributed by atoms with E-state index in [4.69, 9.17) is 21.4 Å². The summed E-state index contributed by atoms with van der Waals surface area (Å²) >= 11 is 0. The number of carbonyl (C=O) groups is 3. The van der Waals surface area contributed by atoms with Gasteiger partial charge in [0, 0.05) is 73.5 Å². The number of nitrogens with zero attached hydrogens (tertiary/aromatic N) is 10. The quantitative estimate of drug-likeness (QED) is 0.125. The largest absolute Gasteiger partial charge is 0.483 e. The highest BCUT2D eigenvalue weighted by Gasteiger charge is 2.39. The van der Waals surface area contributed by atoms with Crippen molar-refractivity contribution in [3.8, 4) is 45.6 Å². The van der Waals surface area contributed by atoms with Gasteiger partial charge in [-0.3, -0.25) is 34.3 Å². The van der Waals surface area contributed by atoms with Gasteiger partial charge in [-0.15, -0.1) is 0 Å². The Kier molecular flexibility index (Phi) is 13.9. The van der Waals surface area contributed by atoms with E-state index in [1.807, 2.05) is 24.3 Å². The van der Waals surface area contributed by atoms with Crippen LogP contribution < -0.4 is 21.3 Å². The number of carbonyl (C=O) groups excluding carboxylic acids is 2. The monoisotopic (exact) mass is 882 g/mol. The summed E-state index contributed by atoms with van der Waals surface area (Å²) in [5.74, 6) is -4.26. The van der Waals surface area contributed by atoms with E-state index in [1.165, 1.54) is 24.5 Å². The molecule has 0 aliphatic carbocycles. The van der Waals surface area contributed by atoms with Crippen LogP contribution in [0.5, 0.6) is 0 Å². The topological polar surface area (TPSA) is 259 Å². The van der Waals surface area contributed by atoms with Gasteiger partial charge in [-0.1, -0.05) is 10.3 Å². The van der Waals surface area contributed by atoms with Crippen molar-refractivity contribution in [1.82, 2.24) is 40.2 Å². The molecule has 24 heteroatoms. The smallest absolute Gasteiger partial charge is 0.471 e. The Bertz CT molecular complexity index is 2360. The summed E-state index contributed by atoms with van der Waals surface area (Å²) in [6, 6.07) is 13.3. The van der Waals surface area contributed by atoms with Crippen LogP contribution in [-0.2, 0) is 26.7 Å². The molecule has 0 saturated carbocycles. The summed E-state index contributed by atoms with van der Waals surface area (Å²) in [7, 11) is 0. The normalized spacial score (nSPS) is 16.5. The molecule has 0 spiro atoms. The highest BCUT2D eigenvalue weighted by molar-refractivity contribution is 5.78. The number of hydrogen-bond donors (Lipinski definition) is 3. The second-order valence-electron chi connectivity index (χ2n) is 14.0. The number of carboxylic acid groups (broad SMARTS) is 1. The second kappa shape index (κ2) is 19.5. The van der Waals surface area contributed by atoms with Gasteiger partial charge in [-0.05, 0) is 74.2 Å². The summed E-state index contributed by atoms with van der Waals surface area (Å²) in [5.41, 5.74) is 15.2. The maximum Gasteiger partial charge on any atom is 0.471 e. The van der Waals surface area contributed by atoms with Crippen LogP contribution >= 0.6 is 0 Å². The Morgan fingerprint density at radius 1 is 0.635 bits per heavy atom. The molecule has 5 N–H and O–H groups in total. The molecule has 63 heavy (non-hydrogen) atoms. The molecule has 6 aromatic rings. The number of primary amides is 2. The molecular formula is C39H36F6N12O6.